The average molecular weight is 645 g/mol. The van der Waals surface area contributed by atoms with Crippen LogP contribution in [0.5, 0.6) is 11.5 Å². The predicted molar refractivity (Wildman–Crippen MR) is 177 cm³/mol. The highest BCUT2D eigenvalue weighted by atomic mass is 16.5. The summed E-state index contributed by atoms with van der Waals surface area (Å²) in [7, 11) is 4.56. The van der Waals surface area contributed by atoms with Crippen molar-refractivity contribution in [3.05, 3.63) is 114 Å². The lowest BCUT2D eigenvalue weighted by molar-refractivity contribution is -0.145. The number of methoxy groups -OCH3 is 3. The van der Waals surface area contributed by atoms with Crippen molar-refractivity contribution in [1.29, 1.82) is 0 Å². The molecule has 0 radical (unpaired) electrons. The zero-order valence-electron chi connectivity index (χ0n) is 27.2. The maximum absolute atomic E-state index is 13.1. The Bertz CT molecular complexity index is 1450. The minimum absolute atomic E-state index is 0.00864. The molecule has 250 valence electrons. The van der Waals surface area contributed by atoms with Crippen molar-refractivity contribution < 1.29 is 33.6 Å². The summed E-state index contributed by atoms with van der Waals surface area (Å²) in [4.78, 5) is 34.4. The number of carbonyl (C=O) groups excluding carboxylic acids is 2. The summed E-state index contributed by atoms with van der Waals surface area (Å²) in [6.07, 6.45) is 4.42. The molecule has 1 atom stereocenters. The number of carbonyl (C=O) groups is 2. The maximum Gasteiger partial charge on any atom is 0.328 e. The van der Waals surface area contributed by atoms with Gasteiger partial charge in [0.25, 0.3) is 0 Å². The predicted octanol–water partition coefficient (Wildman–Crippen LogP) is 3.71. The van der Waals surface area contributed by atoms with Gasteiger partial charge < -0.3 is 34.4 Å². The average Bonchev–Trinajstić information content (AvgIpc) is 3.64. The van der Waals surface area contributed by atoms with Gasteiger partial charge in [0.2, 0.25) is 5.91 Å². The molecule has 0 aliphatic heterocycles. The Morgan fingerprint density at radius 2 is 1.47 bits per heavy atom. The Labute approximate surface area is 275 Å². The zero-order valence-corrected chi connectivity index (χ0v) is 27.2. The molecular weight excluding hydrogens is 600 g/mol. The Balaban J connectivity index is 1.52. The SMILES string of the molecule is COC(=O)[C@H](Cc1cnc[nH]1)NC(=O)CN(CCCO)CCCOC(c1ccccc1)(c1ccc(OC)cc1)c1ccc(OC)cc1. The van der Waals surface area contributed by atoms with Crippen LogP contribution in [0, 0.1) is 0 Å². The third kappa shape index (κ3) is 9.41. The molecule has 11 heteroatoms. The molecule has 0 aliphatic rings. The molecule has 0 saturated heterocycles. The number of aliphatic hydroxyl groups excluding tert-OH is 1. The van der Waals surface area contributed by atoms with Crippen LogP contribution in [0.15, 0.2) is 91.4 Å². The Kier molecular flexibility index (Phi) is 13.3. The number of aromatic nitrogens is 2. The largest absolute Gasteiger partial charge is 0.497 e. The number of benzene rings is 3. The molecule has 0 bridgehead atoms. The fourth-order valence-electron chi connectivity index (χ4n) is 5.55. The lowest BCUT2D eigenvalue weighted by Crippen LogP contribution is -2.47. The van der Waals surface area contributed by atoms with Crippen molar-refractivity contribution in [2.75, 3.05) is 54.2 Å². The number of hydrogen-bond donors (Lipinski definition) is 3. The summed E-state index contributed by atoms with van der Waals surface area (Å²) in [6, 6.07) is 24.9. The van der Waals surface area contributed by atoms with E-state index in [1.165, 1.54) is 13.4 Å². The van der Waals surface area contributed by atoms with Crippen LogP contribution >= 0.6 is 0 Å². The van der Waals surface area contributed by atoms with Crippen molar-refractivity contribution in [3.8, 4) is 11.5 Å². The van der Waals surface area contributed by atoms with Gasteiger partial charge in [-0.05, 0) is 53.8 Å². The standard InChI is InChI=1S/C36H44N4O7/c1-44-31-15-11-28(12-16-31)36(27-9-5-4-6-10-27,29-13-17-32(45-2)18-14-29)47-22-8-20-40(19-7-21-41)25-34(42)39-33(35(43)46-3)23-30-24-37-26-38-30/h4-6,9-18,24,26,33,41H,7-8,19-23,25H2,1-3H3,(H,37,38)(H,39,42)/t33-/m0/s1. The van der Waals surface area contributed by atoms with Crippen LogP contribution in [0.2, 0.25) is 0 Å². The third-order valence-electron chi connectivity index (χ3n) is 7.91. The van der Waals surface area contributed by atoms with Crippen LogP contribution in [0.3, 0.4) is 0 Å². The number of amides is 1. The number of ether oxygens (including phenoxy) is 4. The van der Waals surface area contributed by atoms with E-state index in [0.717, 1.165) is 28.2 Å². The van der Waals surface area contributed by atoms with Gasteiger partial charge in [0.05, 0.1) is 34.2 Å². The molecule has 3 aromatic carbocycles. The minimum atomic E-state index is -0.951. The van der Waals surface area contributed by atoms with Gasteiger partial charge in [0.15, 0.2) is 0 Å². The highest BCUT2D eigenvalue weighted by Gasteiger charge is 2.37. The molecule has 47 heavy (non-hydrogen) atoms. The van der Waals surface area contributed by atoms with E-state index < -0.39 is 17.6 Å². The van der Waals surface area contributed by atoms with Gasteiger partial charge in [-0.2, -0.15) is 0 Å². The second kappa shape index (κ2) is 17.8. The van der Waals surface area contributed by atoms with Gasteiger partial charge in [0.1, 0.15) is 23.1 Å². The van der Waals surface area contributed by atoms with E-state index in [1.54, 1.807) is 20.4 Å². The van der Waals surface area contributed by atoms with Gasteiger partial charge in [-0.25, -0.2) is 9.78 Å². The fraction of sp³-hybridized carbons (Fsp3) is 0.361. The molecule has 0 spiro atoms. The fourth-order valence-corrected chi connectivity index (χ4v) is 5.55. The lowest BCUT2D eigenvalue weighted by Gasteiger charge is -2.36. The summed E-state index contributed by atoms with van der Waals surface area (Å²) in [5, 5.41) is 12.3. The van der Waals surface area contributed by atoms with Crippen LogP contribution in [0.4, 0.5) is 0 Å². The summed E-state index contributed by atoms with van der Waals surface area (Å²) >= 11 is 0. The van der Waals surface area contributed by atoms with Gasteiger partial charge in [-0.1, -0.05) is 54.6 Å². The second-order valence-electron chi connectivity index (χ2n) is 11.0. The first-order chi connectivity index (χ1) is 22.9. The van der Waals surface area contributed by atoms with Crippen molar-refractivity contribution in [2.24, 2.45) is 0 Å². The molecule has 0 fully saturated rings. The smallest absolute Gasteiger partial charge is 0.328 e. The van der Waals surface area contributed by atoms with E-state index >= 15 is 0 Å². The van der Waals surface area contributed by atoms with Crippen molar-refractivity contribution in [3.63, 3.8) is 0 Å². The first-order valence-electron chi connectivity index (χ1n) is 15.6. The highest BCUT2D eigenvalue weighted by molar-refractivity contribution is 5.85. The first-order valence-corrected chi connectivity index (χ1v) is 15.6. The lowest BCUT2D eigenvalue weighted by atomic mass is 9.80. The highest BCUT2D eigenvalue weighted by Crippen LogP contribution is 2.41. The van der Waals surface area contributed by atoms with Gasteiger partial charge in [-0.3, -0.25) is 9.69 Å². The molecule has 0 saturated carbocycles. The molecule has 1 aromatic heterocycles. The Morgan fingerprint density at radius 1 is 0.872 bits per heavy atom. The molecule has 3 N–H and O–H groups in total. The second-order valence-corrected chi connectivity index (χ2v) is 11.0. The Hall–Kier alpha value is -4.71. The van der Waals surface area contributed by atoms with Crippen LogP contribution < -0.4 is 14.8 Å². The molecule has 0 unspecified atom stereocenters. The van der Waals surface area contributed by atoms with E-state index in [0.29, 0.717) is 38.2 Å². The monoisotopic (exact) mass is 644 g/mol. The molecule has 4 rings (SSSR count). The number of H-pyrrole nitrogens is 1. The van der Waals surface area contributed by atoms with E-state index in [4.69, 9.17) is 18.9 Å². The minimum Gasteiger partial charge on any atom is -0.497 e. The topological polar surface area (TPSA) is 135 Å². The van der Waals surface area contributed by atoms with Gasteiger partial charge >= 0.3 is 5.97 Å². The molecule has 4 aromatic rings. The van der Waals surface area contributed by atoms with E-state index in [-0.39, 0.29) is 25.5 Å². The quantitative estimate of drug-likeness (QED) is 0.0793. The number of esters is 1. The molecule has 1 heterocycles. The summed E-state index contributed by atoms with van der Waals surface area (Å²) < 4.78 is 22.7. The number of aromatic amines is 1. The van der Waals surface area contributed by atoms with Gasteiger partial charge in [-0.15, -0.1) is 0 Å². The third-order valence-corrected chi connectivity index (χ3v) is 7.91. The van der Waals surface area contributed by atoms with E-state index in [1.807, 2.05) is 83.8 Å². The van der Waals surface area contributed by atoms with Crippen LogP contribution in [-0.2, 0) is 31.1 Å². The number of hydrogen-bond acceptors (Lipinski definition) is 9. The number of nitrogens with one attached hydrogen (secondary N) is 2. The summed E-state index contributed by atoms with van der Waals surface area (Å²) in [5.74, 6) is 0.607. The number of aliphatic hydroxyl groups is 1. The number of imidazole rings is 1. The number of nitrogens with zero attached hydrogens (tertiary/aromatic N) is 2. The first kappa shape index (κ1) is 35.1. The van der Waals surface area contributed by atoms with Crippen molar-refractivity contribution >= 4 is 11.9 Å². The van der Waals surface area contributed by atoms with Crippen LogP contribution in [-0.4, -0.2) is 92.1 Å². The summed E-state index contributed by atoms with van der Waals surface area (Å²) in [6.45, 7) is 1.40. The van der Waals surface area contributed by atoms with E-state index in [2.05, 4.69) is 15.3 Å². The molecule has 1 amide bonds. The van der Waals surface area contributed by atoms with Crippen molar-refractivity contribution in [1.82, 2.24) is 20.2 Å². The Morgan fingerprint density at radius 3 is 2.00 bits per heavy atom. The molecular formula is C36H44N4O7. The van der Waals surface area contributed by atoms with Crippen molar-refractivity contribution in [2.45, 2.75) is 30.9 Å². The molecule has 11 nitrogen and oxygen atoms in total. The maximum atomic E-state index is 13.1. The van der Waals surface area contributed by atoms with E-state index in [9.17, 15) is 14.7 Å². The molecule has 0 aliphatic carbocycles. The van der Waals surface area contributed by atoms with Crippen LogP contribution in [0.25, 0.3) is 0 Å². The normalized spacial score (nSPS) is 12.0. The van der Waals surface area contributed by atoms with Gasteiger partial charge in [0, 0.05) is 44.6 Å². The number of rotatable bonds is 19. The zero-order chi connectivity index (χ0) is 33.5. The summed E-state index contributed by atoms with van der Waals surface area (Å²) in [5.41, 5.74) is 2.56. The van der Waals surface area contributed by atoms with Crippen LogP contribution in [0.1, 0.15) is 35.2 Å².